The molecule has 2 aliphatic heterocycles. The first-order valence-corrected chi connectivity index (χ1v) is 10.4. The van der Waals surface area contributed by atoms with Gasteiger partial charge in [-0.15, -0.1) is 0 Å². The Morgan fingerprint density at radius 3 is 2.67 bits per heavy atom. The summed E-state index contributed by atoms with van der Waals surface area (Å²) in [5.74, 6) is 0.209. The molecule has 4 rings (SSSR count). The highest BCUT2D eigenvalue weighted by atomic mass is 16.7. The molecule has 2 aromatic carbocycles. The molecule has 2 aliphatic rings. The van der Waals surface area contributed by atoms with Gasteiger partial charge in [0, 0.05) is 6.07 Å². The van der Waals surface area contributed by atoms with Gasteiger partial charge in [0.2, 0.25) is 12.6 Å². The number of carboxylic acid groups (broad SMARTS) is 1. The molecule has 0 saturated carbocycles. The summed E-state index contributed by atoms with van der Waals surface area (Å²) in [6.07, 6.45) is 1.92. The van der Waals surface area contributed by atoms with Gasteiger partial charge in [0.05, 0.1) is 5.56 Å². The second-order valence-electron chi connectivity index (χ2n) is 8.09. The van der Waals surface area contributed by atoms with Crippen LogP contribution in [0.2, 0.25) is 0 Å². The van der Waals surface area contributed by atoms with Crippen LogP contribution >= 0.6 is 0 Å². The van der Waals surface area contributed by atoms with Crippen molar-refractivity contribution in [1.82, 2.24) is 5.32 Å². The van der Waals surface area contributed by atoms with Crippen LogP contribution in [0.3, 0.4) is 0 Å². The second kappa shape index (κ2) is 9.23. The number of Topliss-reactive ketones (excluding diaryl/α,β-unsaturated/α-hetero) is 1. The van der Waals surface area contributed by atoms with Crippen LogP contribution in [0.15, 0.2) is 42.2 Å². The summed E-state index contributed by atoms with van der Waals surface area (Å²) in [6.45, 7) is 3.54. The van der Waals surface area contributed by atoms with Crippen molar-refractivity contribution in [3.63, 3.8) is 0 Å². The SMILES string of the molecule is CC(C)C[C@@H](NC(=O)COc1ccc2c(c1)OC(=Cc1ccc3c(c1)OCO3)C2=O)C(=O)O. The monoisotopic (exact) mass is 453 g/mol. The zero-order valence-corrected chi connectivity index (χ0v) is 18.1. The third kappa shape index (κ3) is 5.08. The zero-order chi connectivity index (χ0) is 23.5. The number of hydrogen-bond donors (Lipinski definition) is 2. The highest BCUT2D eigenvalue weighted by molar-refractivity contribution is 6.14. The lowest BCUT2D eigenvalue weighted by Gasteiger charge is -2.16. The predicted molar refractivity (Wildman–Crippen MR) is 116 cm³/mol. The molecule has 0 radical (unpaired) electrons. The average molecular weight is 453 g/mol. The highest BCUT2D eigenvalue weighted by Gasteiger charge is 2.28. The Kier molecular flexibility index (Phi) is 6.21. The summed E-state index contributed by atoms with van der Waals surface area (Å²) >= 11 is 0. The minimum Gasteiger partial charge on any atom is -0.484 e. The van der Waals surface area contributed by atoms with Crippen molar-refractivity contribution >= 4 is 23.7 Å². The van der Waals surface area contributed by atoms with Crippen LogP contribution in [0.25, 0.3) is 6.08 Å². The molecule has 9 heteroatoms. The molecular weight excluding hydrogens is 430 g/mol. The smallest absolute Gasteiger partial charge is 0.326 e. The Bertz CT molecular complexity index is 1140. The number of nitrogens with one attached hydrogen (secondary N) is 1. The number of hydrogen-bond acceptors (Lipinski definition) is 7. The molecule has 2 heterocycles. The summed E-state index contributed by atoms with van der Waals surface area (Å²) in [5, 5.41) is 11.7. The Labute approximate surface area is 189 Å². The van der Waals surface area contributed by atoms with Crippen molar-refractivity contribution in [2.24, 2.45) is 5.92 Å². The maximum atomic E-state index is 12.7. The number of rotatable bonds is 8. The van der Waals surface area contributed by atoms with E-state index in [0.29, 0.717) is 35.0 Å². The van der Waals surface area contributed by atoms with Crippen molar-refractivity contribution in [2.75, 3.05) is 13.4 Å². The van der Waals surface area contributed by atoms with Crippen LogP contribution in [0.5, 0.6) is 23.0 Å². The number of ether oxygens (including phenoxy) is 4. The summed E-state index contributed by atoms with van der Waals surface area (Å²) in [5.41, 5.74) is 1.10. The van der Waals surface area contributed by atoms with Crippen LogP contribution in [0.4, 0.5) is 0 Å². The summed E-state index contributed by atoms with van der Waals surface area (Å²) in [4.78, 5) is 36.1. The lowest BCUT2D eigenvalue weighted by atomic mass is 10.0. The van der Waals surface area contributed by atoms with Crippen LogP contribution in [0.1, 0.15) is 36.2 Å². The normalized spacial score (nSPS) is 15.8. The van der Waals surface area contributed by atoms with Crippen LogP contribution < -0.4 is 24.3 Å². The summed E-state index contributed by atoms with van der Waals surface area (Å²) in [7, 11) is 0. The first-order chi connectivity index (χ1) is 15.8. The van der Waals surface area contributed by atoms with E-state index in [1.54, 1.807) is 36.4 Å². The van der Waals surface area contributed by atoms with Crippen LogP contribution in [-0.2, 0) is 9.59 Å². The van der Waals surface area contributed by atoms with E-state index < -0.39 is 17.9 Å². The number of allylic oxidation sites excluding steroid dienone is 1. The van der Waals surface area contributed by atoms with Gasteiger partial charge < -0.3 is 29.4 Å². The second-order valence-corrected chi connectivity index (χ2v) is 8.09. The van der Waals surface area contributed by atoms with Crippen molar-refractivity contribution in [1.29, 1.82) is 0 Å². The maximum absolute atomic E-state index is 12.7. The van der Waals surface area contributed by atoms with Crippen molar-refractivity contribution < 1.29 is 38.4 Å². The van der Waals surface area contributed by atoms with Gasteiger partial charge >= 0.3 is 5.97 Å². The van der Waals surface area contributed by atoms with Gasteiger partial charge in [-0.2, -0.15) is 0 Å². The number of carbonyl (C=O) groups is 3. The van der Waals surface area contributed by atoms with Crippen LogP contribution in [-0.4, -0.2) is 42.2 Å². The third-order valence-corrected chi connectivity index (χ3v) is 5.05. The van der Waals surface area contributed by atoms with Gasteiger partial charge in [-0.3, -0.25) is 9.59 Å². The quantitative estimate of drug-likeness (QED) is 0.585. The fourth-order valence-electron chi connectivity index (χ4n) is 3.49. The van der Waals surface area contributed by atoms with E-state index in [4.69, 9.17) is 18.9 Å². The number of aliphatic carboxylic acids is 1. The van der Waals surface area contributed by atoms with E-state index in [-0.39, 0.29) is 30.9 Å². The molecule has 1 amide bonds. The molecule has 0 spiro atoms. The Morgan fingerprint density at radius 2 is 1.91 bits per heavy atom. The Balaban J connectivity index is 1.39. The van der Waals surface area contributed by atoms with E-state index in [2.05, 4.69) is 5.32 Å². The van der Waals surface area contributed by atoms with Crippen molar-refractivity contribution in [3.05, 3.63) is 53.3 Å². The molecule has 0 saturated heterocycles. The molecule has 0 bridgehead atoms. The molecule has 2 N–H and O–H groups in total. The van der Waals surface area contributed by atoms with Gasteiger partial charge in [-0.1, -0.05) is 19.9 Å². The van der Waals surface area contributed by atoms with Gasteiger partial charge in [0.15, 0.2) is 23.9 Å². The first-order valence-electron chi connectivity index (χ1n) is 10.4. The summed E-state index contributed by atoms with van der Waals surface area (Å²) < 4.78 is 21.8. The lowest BCUT2D eigenvalue weighted by Crippen LogP contribution is -2.43. The van der Waals surface area contributed by atoms with E-state index >= 15 is 0 Å². The molecule has 9 nitrogen and oxygen atoms in total. The van der Waals surface area contributed by atoms with Gasteiger partial charge in [0.25, 0.3) is 5.91 Å². The van der Waals surface area contributed by atoms with Crippen molar-refractivity contribution in [3.8, 4) is 23.0 Å². The zero-order valence-electron chi connectivity index (χ0n) is 18.1. The standard InChI is InChI=1S/C24H23NO8/c1-13(2)7-17(24(28)29)25-22(26)11-30-15-4-5-16-19(10-15)33-21(23(16)27)9-14-3-6-18-20(8-14)32-12-31-18/h3-6,8-10,13,17H,7,11-12H2,1-2H3,(H,25,26)(H,28,29)/t17-/m1/s1. The van der Waals surface area contributed by atoms with E-state index in [1.807, 2.05) is 13.8 Å². The highest BCUT2D eigenvalue weighted by Crippen LogP contribution is 2.37. The molecular formula is C24H23NO8. The molecule has 2 aromatic rings. The number of benzene rings is 2. The van der Waals surface area contributed by atoms with E-state index in [9.17, 15) is 19.5 Å². The minimum absolute atomic E-state index is 0.110. The fraction of sp³-hybridized carbons (Fsp3) is 0.292. The fourth-order valence-corrected chi connectivity index (χ4v) is 3.49. The number of ketones is 1. The molecule has 0 aliphatic carbocycles. The number of carboxylic acids is 1. The molecule has 0 fully saturated rings. The van der Waals surface area contributed by atoms with Gasteiger partial charge in [0.1, 0.15) is 17.5 Å². The molecule has 1 atom stereocenters. The number of amides is 1. The average Bonchev–Trinajstić information content (AvgIpc) is 3.35. The first kappa shape index (κ1) is 22.2. The van der Waals surface area contributed by atoms with Gasteiger partial charge in [-0.05, 0) is 48.2 Å². The predicted octanol–water partition coefficient (Wildman–Crippen LogP) is 3.03. The summed E-state index contributed by atoms with van der Waals surface area (Å²) in [6, 6.07) is 8.95. The lowest BCUT2D eigenvalue weighted by molar-refractivity contribution is -0.142. The Hall–Kier alpha value is -4.01. The number of carbonyl (C=O) groups excluding carboxylic acids is 2. The molecule has 33 heavy (non-hydrogen) atoms. The molecule has 0 unspecified atom stereocenters. The Morgan fingerprint density at radius 1 is 1.12 bits per heavy atom. The van der Waals surface area contributed by atoms with Crippen LogP contribution in [0, 0.1) is 5.92 Å². The number of fused-ring (bicyclic) bond motifs is 2. The van der Waals surface area contributed by atoms with E-state index in [0.717, 1.165) is 5.56 Å². The third-order valence-electron chi connectivity index (χ3n) is 5.05. The minimum atomic E-state index is -1.09. The largest absolute Gasteiger partial charge is 0.484 e. The topological polar surface area (TPSA) is 120 Å². The molecule has 0 aromatic heterocycles. The van der Waals surface area contributed by atoms with Crippen molar-refractivity contribution in [2.45, 2.75) is 26.3 Å². The maximum Gasteiger partial charge on any atom is 0.326 e. The van der Waals surface area contributed by atoms with E-state index in [1.165, 1.54) is 6.07 Å². The molecule has 172 valence electrons. The van der Waals surface area contributed by atoms with Gasteiger partial charge in [-0.25, -0.2) is 4.79 Å².